The minimum atomic E-state index is -0.268. The second kappa shape index (κ2) is 11.5. The highest BCUT2D eigenvalue weighted by atomic mass is 127. The molecule has 0 bridgehead atoms. The van der Waals surface area contributed by atoms with E-state index in [0.717, 1.165) is 35.8 Å². The van der Waals surface area contributed by atoms with E-state index >= 15 is 0 Å². The van der Waals surface area contributed by atoms with Crippen LogP contribution in [0.4, 0.5) is 0 Å². The number of hydrogen-bond acceptors (Lipinski definition) is 5. The second-order valence-electron chi connectivity index (χ2n) is 8.01. The molecule has 1 aliphatic rings. The van der Waals surface area contributed by atoms with E-state index in [0.29, 0.717) is 23.8 Å². The van der Waals surface area contributed by atoms with E-state index in [1.54, 1.807) is 21.3 Å². The van der Waals surface area contributed by atoms with Gasteiger partial charge in [-0.1, -0.05) is 18.2 Å². The van der Waals surface area contributed by atoms with Crippen molar-refractivity contribution >= 4 is 29.9 Å². The van der Waals surface area contributed by atoms with E-state index in [9.17, 15) is 0 Å². The summed E-state index contributed by atoms with van der Waals surface area (Å²) >= 11 is 0. The van der Waals surface area contributed by atoms with Gasteiger partial charge in [-0.3, -0.25) is 0 Å². The van der Waals surface area contributed by atoms with Gasteiger partial charge in [0.05, 0.1) is 33.9 Å². The summed E-state index contributed by atoms with van der Waals surface area (Å²) in [5, 5.41) is 6.94. The van der Waals surface area contributed by atoms with Gasteiger partial charge >= 0.3 is 0 Å². The van der Waals surface area contributed by atoms with Gasteiger partial charge in [0.1, 0.15) is 17.1 Å². The lowest BCUT2D eigenvalue weighted by Crippen LogP contribution is -2.45. The molecule has 0 saturated heterocycles. The monoisotopic (exact) mass is 555 g/mol. The molecule has 1 aliphatic heterocycles. The number of nitrogens with zero attached hydrogens (tertiary/aromatic N) is 1. The Kier molecular flexibility index (Phi) is 9.30. The van der Waals surface area contributed by atoms with Crippen LogP contribution in [0.15, 0.2) is 41.4 Å². The average molecular weight is 555 g/mol. The molecule has 8 heteroatoms. The van der Waals surface area contributed by atoms with Crippen LogP contribution in [-0.2, 0) is 6.54 Å². The molecule has 0 aromatic heterocycles. The van der Waals surface area contributed by atoms with Crippen molar-refractivity contribution in [3.8, 4) is 23.0 Å². The number of hydrogen-bond donors (Lipinski definition) is 2. The molecule has 0 saturated carbocycles. The van der Waals surface area contributed by atoms with Crippen molar-refractivity contribution in [3.63, 3.8) is 0 Å². The van der Waals surface area contributed by atoms with Crippen LogP contribution < -0.4 is 29.6 Å². The third-order valence-corrected chi connectivity index (χ3v) is 5.23. The Balaban J connectivity index is 0.00000363. The molecule has 2 aromatic rings. The number of halogens is 1. The number of ether oxygens (including phenoxy) is 4. The summed E-state index contributed by atoms with van der Waals surface area (Å²) in [6, 6.07) is 12.0. The maximum atomic E-state index is 6.16. The van der Waals surface area contributed by atoms with Crippen molar-refractivity contribution in [1.29, 1.82) is 0 Å². The smallest absolute Gasteiger partial charge is 0.192 e. The molecule has 0 radical (unpaired) electrons. The number of nitrogens with one attached hydrogen (secondary N) is 2. The lowest BCUT2D eigenvalue weighted by Gasteiger charge is -2.38. The van der Waals surface area contributed by atoms with E-state index < -0.39 is 0 Å². The van der Waals surface area contributed by atoms with Gasteiger partial charge in [0.25, 0.3) is 0 Å². The fraction of sp³-hybridized carbons (Fsp3) is 0.458. The maximum Gasteiger partial charge on any atom is 0.192 e. The molecule has 3 rings (SSSR count). The van der Waals surface area contributed by atoms with Gasteiger partial charge in [-0.15, -0.1) is 24.0 Å². The first-order chi connectivity index (χ1) is 14.9. The van der Waals surface area contributed by atoms with Crippen molar-refractivity contribution < 1.29 is 18.9 Å². The third-order valence-electron chi connectivity index (χ3n) is 5.23. The van der Waals surface area contributed by atoms with Crippen molar-refractivity contribution in [2.24, 2.45) is 4.99 Å². The minimum Gasteiger partial charge on any atom is -0.496 e. The summed E-state index contributed by atoms with van der Waals surface area (Å²) in [4.78, 5) is 4.82. The van der Waals surface area contributed by atoms with Crippen LogP contribution in [0.1, 0.15) is 44.4 Å². The molecule has 0 fully saturated rings. The lowest BCUT2D eigenvalue weighted by atomic mass is 9.90. The Bertz CT molecular complexity index is 933. The van der Waals surface area contributed by atoms with Crippen LogP contribution in [0.5, 0.6) is 23.0 Å². The van der Waals surface area contributed by atoms with Crippen LogP contribution in [-0.4, -0.2) is 39.4 Å². The van der Waals surface area contributed by atoms with Gasteiger partial charge in [-0.25, -0.2) is 4.99 Å². The van der Waals surface area contributed by atoms with Crippen LogP contribution in [0.2, 0.25) is 0 Å². The number of methoxy groups -OCH3 is 3. The van der Waals surface area contributed by atoms with Crippen molar-refractivity contribution in [2.45, 2.75) is 45.4 Å². The van der Waals surface area contributed by atoms with Crippen LogP contribution in [0.25, 0.3) is 0 Å². The SMILES string of the molecule is CCNC(=NCc1cc(OC)c(OC)cc1OC)NC1CC(C)(C)Oc2ccccc21.I. The van der Waals surface area contributed by atoms with Gasteiger partial charge in [0, 0.05) is 30.2 Å². The van der Waals surface area contributed by atoms with E-state index in [1.807, 2.05) is 30.3 Å². The van der Waals surface area contributed by atoms with Crippen molar-refractivity contribution in [3.05, 3.63) is 47.5 Å². The molecule has 2 N–H and O–H groups in total. The maximum absolute atomic E-state index is 6.16. The molecule has 32 heavy (non-hydrogen) atoms. The highest BCUT2D eigenvalue weighted by Crippen LogP contribution is 2.39. The lowest BCUT2D eigenvalue weighted by molar-refractivity contribution is 0.0694. The number of rotatable bonds is 7. The van der Waals surface area contributed by atoms with Gasteiger partial charge in [-0.05, 0) is 32.9 Å². The van der Waals surface area contributed by atoms with E-state index in [4.69, 9.17) is 23.9 Å². The minimum absolute atomic E-state index is 0. The average Bonchev–Trinajstić information content (AvgIpc) is 2.76. The predicted molar refractivity (Wildman–Crippen MR) is 138 cm³/mol. The van der Waals surface area contributed by atoms with Crippen molar-refractivity contribution in [1.82, 2.24) is 10.6 Å². The van der Waals surface area contributed by atoms with Gasteiger partial charge in [0.15, 0.2) is 17.5 Å². The predicted octanol–water partition coefficient (Wildman–Crippen LogP) is 4.69. The molecular formula is C24H34IN3O4. The van der Waals surface area contributed by atoms with Gasteiger partial charge < -0.3 is 29.6 Å². The Labute approximate surface area is 207 Å². The fourth-order valence-electron chi connectivity index (χ4n) is 3.80. The summed E-state index contributed by atoms with van der Waals surface area (Å²) in [6.45, 7) is 7.44. The van der Waals surface area contributed by atoms with Crippen LogP contribution >= 0.6 is 24.0 Å². The third kappa shape index (κ3) is 6.11. The standard InChI is InChI=1S/C24H33N3O4.HI/c1-7-25-23(26-15-16-12-21(29-5)22(30-6)13-20(16)28-4)27-18-14-24(2,3)31-19-11-9-8-10-17(18)19;/h8-13,18H,7,14-15H2,1-6H3,(H2,25,26,27);1H. The summed E-state index contributed by atoms with van der Waals surface area (Å²) < 4.78 is 22.5. The topological polar surface area (TPSA) is 73.3 Å². The molecule has 0 aliphatic carbocycles. The highest BCUT2D eigenvalue weighted by molar-refractivity contribution is 14.0. The first kappa shape index (κ1) is 25.9. The normalized spacial score (nSPS) is 16.7. The first-order valence-electron chi connectivity index (χ1n) is 10.5. The molecule has 1 unspecified atom stereocenters. The number of benzene rings is 2. The number of fused-ring (bicyclic) bond motifs is 1. The number of aliphatic imine (C=N–C) groups is 1. The highest BCUT2D eigenvalue weighted by Gasteiger charge is 2.34. The van der Waals surface area contributed by atoms with Gasteiger partial charge in [0.2, 0.25) is 0 Å². The van der Waals surface area contributed by atoms with Crippen LogP contribution in [0, 0.1) is 0 Å². The Morgan fingerprint density at radius 3 is 2.38 bits per heavy atom. The molecule has 176 valence electrons. The Morgan fingerprint density at radius 2 is 1.72 bits per heavy atom. The molecule has 1 atom stereocenters. The number of para-hydroxylation sites is 1. The summed E-state index contributed by atoms with van der Waals surface area (Å²) in [7, 11) is 4.86. The molecule has 7 nitrogen and oxygen atoms in total. The fourth-order valence-corrected chi connectivity index (χ4v) is 3.80. The Morgan fingerprint density at radius 1 is 1.06 bits per heavy atom. The number of guanidine groups is 1. The van der Waals surface area contributed by atoms with Crippen molar-refractivity contribution in [2.75, 3.05) is 27.9 Å². The molecular weight excluding hydrogens is 521 g/mol. The van der Waals surface area contributed by atoms with E-state index in [2.05, 4.69) is 37.5 Å². The molecule has 2 aromatic carbocycles. The van der Waals surface area contributed by atoms with E-state index in [1.165, 1.54) is 0 Å². The van der Waals surface area contributed by atoms with E-state index in [-0.39, 0.29) is 35.6 Å². The van der Waals surface area contributed by atoms with Gasteiger partial charge in [-0.2, -0.15) is 0 Å². The molecule has 1 heterocycles. The van der Waals surface area contributed by atoms with Crippen LogP contribution in [0.3, 0.4) is 0 Å². The summed E-state index contributed by atoms with van der Waals surface area (Å²) in [5.74, 6) is 3.62. The zero-order chi connectivity index (χ0) is 22.4. The summed E-state index contributed by atoms with van der Waals surface area (Å²) in [6.07, 6.45) is 0.827. The quantitative estimate of drug-likeness (QED) is 0.294. The zero-order valence-electron chi connectivity index (χ0n) is 19.7. The molecule has 0 spiro atoms. The first-order valence-corrected chi connectivity index (χ1v) is 10.5. The second-order valence-corrected chi connectivity index (χ2v) is 8.01. The summed E-state index contributed by atoms with van der Waals surface area (Å²) in [5.41, 5.74) is 1.77. The largest absolute Gasteiger partial charge is 0.496 e. The Hall–Kier alpha value is -2.36. The molecule has 0 amide bonds. The zero-order valence-corrected chi connectivity index (χ0v) is 22.0.